The summed E-state index contributed by atoms with van der Waals surface area (Å²) in [5, 5.41) is 22.4. The van der Waals surface area contributed by atoms with Crippen molar-refractivity contribution in [3.63, 3.8) is 0 Å². The number of aryl methyl sites for hydroxylation is 1. The van der Waals surface area contributed by atoms with Gasteiger partial charge in [0.25, 0.3) is 0 Å². The van der Waals surface area contributed by atoms with Crippen molar-refractivity contribution in [3.05, 3.63) is 63.8 Å². The summed E-state index contributed by atoms with van der Waals surface area (Å²) in [5.74, 6) is -8.34. The van der Waals surface area contributed by atoms with Crippen molar-refractivity contribution in [1.82, 2.24) is 24.4 Å². The van der Waals surface area contributed by atoms with Gasteiger partial charge in [-0.2, -0.15) is 44.2 Å². The van der Waals surface area contributed by atoms with Gasteiger partial charge < -0.3 is 40.5 Å². The zero-order valence-electron chi connectivity index (χ0n) is 35.8. The van der Waals surface area contributed by atoms with Gasteiger partial charge in [0, 0.05) is 47.8 Å². The lowest BCUT2D eigenvalue weighted by Crippen LogP contribution is -2.61. The quantitative estimate of drug-likeness (QED) is 0.136. The minimum Gasteiger partial charge on any atom is -0.487 e. The Labute approximate surface area is 386 Å². The number of aromatic nitrogens is 1. The molecule has 376 valence electrons. The number of carboxylic acid groups (broad SMARTS) is 3. The van der Waals surface area contributed by atoms with E-state index in [4.69, 9.17) is 63.4 Å². The number of piperazine rings is 1. The number of nitrogens with one attached hydrogen (secondary N) is 1. The van der Waals surface area contributed by atoms with Crippen LogP contribution in [0.3, 0.4) is 0 Å². The Balaban J connectivity index is 0.000000882. The van der Waals surface area contributed by atoms with Crippen molar-refractivity contribution in [2.45, 2.75) is 75.2 Å². The molecule has 1 atom stereocenters. The number of rotatable bonds is 12. The predicted octanol–water partition coefficient (Wildman–Crippen LogP) is 5.73. The van der Waals surface area contributed by atoms with Crippen LogP contribution in [-0.2, 0) is 40.6 Å². The summed E-state index contributed by atoms with van der Waals surface area (Å²) in [6, 6.07) is 11.5. The third kappa shape index (κ3) is 19.5. The molecular weight excluding hydrogens is 990 g/mol. The van der Waals surface area contributed by atoms with Gasteiger partial charge in [-0.25, -0.2) is 27.8 Å². The number of halogens is 11. The predicted molar refractivity (Wildman–Crippen MR) is 222 cm³/mol. The van der Waals surface area contributed by atoms with E-state index in [0.29, 0.717) is 30.8 Å². The minimum atomic E-state index is -5.08. The highest BCUT2D eigenvalue weighted by Crippen LogP contribution is 2.34. The lowest BCUT2D eigenvalue weighted by Gasteiger charge is -2.39. The molecule has 17 nitrogen and oxygen atoms in total. The molecule has 1 aliphatic heterocycles. The summed E-state index contributed by atoms with van der Waals surface area (Å²) >= 11 is 13.1. The highest BCUT2D eigenvalue weighted by molar-refractivity contribution is 7.89. The van der Waals surface area contributed by atoms with Crippen molar-refractivity contribution in [1.29, 1.82) is 0 Å². The number of nitrogens with zero attached hydrogens (tertiary/aromatic N) is 4. The molecule has 2 aromatic carbocycles. The van der Waals surface area contributed by atoms with Crippen LogP contribution in [0.5, 0.6) is 5.75 Å². The summed E-state index contributed by atoms with van der Waals surface area (Å²) in [7, 11) is -0.352. The van der Waals surface area contributed by atoms with Crippen LogP contribution in [0.4, 0.5) is 39.5 Å². The monoisotopic (exact) mass is 1030 g/mol. The molecule has 0 radical (unpaired) electrons. The molecule has 1 saturated heterocycles. The van der Waals surface area contributed by atoms with Crippen molar-refractivity contribution in [2.24, 2.45) is 5.73 Å². The van der Waals surface area contributed by atoms with Gasteiger partial charge in [-0.3, -0.25) is 9.59 Å². The third-order valence-corrected chi connectivity index (χ3v) is 11.2. The van der Waals surface area contributed by atoms with Crippen LogP contribution in [0.2, 0.25) is 10.0 Å². The fourth-order valence-corrected chi connectivity index (χ4v) is 7.60. The van der Waals surface area contributed by atoms with E-state index in [1.165, 1.54) is 26.0 Å². The van der Waals surface area contributed by atoms with Crippen molar-refractivity contribution < 1.29 is 92.0 Å². The number of carbonyl (C=O) groups excluding carboxylic acids is 2. The Morgan fingerprint density at radius 3 is 1.76 bits per heavy atom. The van der Waals surface area contributed by atoms with Gasteiger partial charge in [-0.15, -0.1) is 0 Å². The zero-order valence-corrected chi connectivity index (χ0v) is 38.1. The number of benzene rings is 2. The van der Waals surface area contributed by atoms with Gasteiger partial charge in [0.05, 0.1) is 11.1 Å². The zero-order chi connectivity index (χ0) is 52.0. The number of nitrogens with two attached hydrogens (primary N) is 1. The third-order valence-electron chi connectivity index (χ3n) is 8.60. The number of para-hydroxylation sites is 1. The van der Waals surface area contributed by atoms with Gasteiger partial charge in [0.1, 0.15) is 28.3 Å². The number of sulfonamides is 1. The van der Waals surface area contributed by atoms with Gasteiger partial charge in [0.2, 0.25) is 21.8 Å². The van der Waals surface area contributed by atoms with E-state index in [0.717, 1.165) is 24.0 Å². The first-order valence-corrected chi connectivity index (χ1v) is 21.1. The number of alkyl halides is 9. The normalized spacial score (nSPS) is 13.8. The van der Waals surface area contributed by atoms with Crippen molar-refractivity contribution in [2.75, 3.05) is 46.8 Å². The number of aliphatic carboxylic acids is 3. The second kappa shape index (κ2) is 24.7. The first-order chi connectivity index (χ1) is 30.4. The number of carbonyl (C=O) groups is 5. The molecule has 0 saturated carbocycles. The summed E-state index contributed by atoms with van der Waals surface area (Å²) in [6.45, 7) is 6.73. The number of carboxylic acids is 3. The summed E-state index contributed by atoms with van der Waals surface area (Å²) in [4.78, 5) is 62.6. The Hall–Kier alpha value is -5.22. The Morgan fingerprint density at radius 2 is 1.30 bits per heavy atom. The maximum absolute atomic E-state index is 13.6. The fourth-order valence-electron chi connectivity index (χ4n) is 5.35. The number of ether oxygens (including phenoxy) is 1. The Kier molecular flexibility index (Phi) is 22.0. The fraction of sp³-hybridized carbons (Fsp3) is 0.474. The average molecular weight is 1040 g/mol. The summed E-state index contributed by atoms with van der Waals surface area (Å²) < 4.78 is 131. The number of amides is 2. The van der Waals surface area contributed by atoms with Crippen LogP contribution >= 0.6 is 23.2 Å². The molecule has 67 heavy (non-hydrogen) atoms. The maximum atomic E-state index is 13.6. The van der Waals surface area contributed by atoms with Crippen LogP contribution in [0.25, 0.3) is 10.9 Å². The molecule has 0 bridgehead atoms. The summed E-state index contributed by atoms with van der Waals surface area (Å²) in [5.41, 5.74) is 6.38. The van der Waals surface area contributed by atoms with E-state index in [1.807, 2.05) is 50.2 Å². The van der Waals surface area contributed by atoms with E-state index in [2.05, 4.69) is 9.71 Å². The van der Waals surface area contributed by atoms with Gasteiger partial charge in [0.15, 0.2) is 0 Å². The number of pyridine rings is 1. The molecule has 1 aliphatic rings. The molecule has 6 N–H and O–H groups in total. The molecule has 0 aliphatic carbocycles. The standard InChI is InChI=1S/C32H42Cl2N6O5S.3C2HF3O2/c1-21-11-12-22-8-6-10-26(29(22)36-21)45-20-23-24(33)13-14-27(28(23)34)46(43,44)37-32(2,3)31(42)40-18-16-39(17-19-40)30(41)25(35)9-7-15-38(4)5;3*3-2(4,5)1(6)7/h6,8,10-14,25,37H,7,9,15-20,35H2,1-5H3;3*(H,6,7)/t25-;;;/m0.../s1. The van der Waals surface area contributed by atoms with E-state index < -0.39 is 63.9 Å². The van der Waals surface area contributed by atoms with Crippen LogP contribution in [0.15, 0.2) is 47.4 Å². The average Bonchev–Trinajstić information content (AvgIpc) is 3.19. The lowest BCUT2D eigenvalue weighted by molar-refractivity contribution is -0.193. The molecule has 4 rings (SSSR count). The largest absolute Gasteiger partial charge is 0.490 e. The van der Waals surface area contributed by atoms with E-state index in [9.17, 15) is 57.5 Å². The van der Waals surface area contributed by atoms with Crippen LogP contribution in [0, 0.1) is 6.92 Å². The van der Waals surface area contributed by atoms with Crippen LogP contribution < -0.4 is 15.2 Å². The molecule has 2 heterocycles. The maximum Gasteiger partial charge on any atom is 0.490 e. The molecule has 1 aromatic heterocycles. The van der Waals surface area contributed by atoms with E-state index in [-0.39, 0.29) is 46.1 Å². The molecular formula is C38H45Cl2F9N6O11S. The second-order valence-electron chi connectivity index (χ2n) is 14.7. The molecule has 3 aromatic rings. The first kappa shape index (κ1) is 59.8. The lowest BCUT2D eigenvalue weighted by atomic mass is 10.0. The second-order valence-corrected chi connectivity index (χ2v) is 17.2. The molecule has 0 spiro atoms. The minimum absolute atomic E-state index is 0.110. The van der Waals surface area contributed by atoms with Crippen LogP contribution in [-0.4, -0.2) is 150 Å². The number of hydrogen-bond donors (Lipinski definition) is 5. The van der Waals surface area contributed by atoms with Gasteiger partial charge in [-0.1, -0.05) is 41.4 Å². The number of fused-ring (bicyclic) bond motifs is 1. The number of hydrogen-bond acceptors (Lipinski definition) is 11. The van der Waals surface area contributed by atoms with Gasteiger partial charge >= 0.3 is 36.4 Å². The molecule has 1 fully saturated rings. The van der Waals surface area contributed by atoms with Crippen LogP contribution in [0.1, 0.15) is 37.9 Å². The Bertz CT molecular complexity index is 2270. The smallest absolute Gasteiger partial charge is 0.487 e. The molecule has 0 unspecified atom stereocenters. The van der Waals surface area contributed by atoms with Crippen molar-refractivity contribution in [3.8, 4) is 5.75 Å². The molecule has 29 heteroatoms. The molecule has 2 amide bonds. The highest BCUT2D eigenvalue weighted by atomic mass is 35.5. The SMILES string of the molecule is Cc1ccc2cccc(OCc3c(Cl)ccc(S(=O)(=O)NC(C)(C)C(=O)N4CCN(C(=O)[C@@H](N)CCCN(C)C)CC4)c3Cl)c2n1.O=C(O)C(F)(F)F.O=C(O)C(F)(F)F.O=C(O)C(F)(F)F. The first-order valence-electron chi connectivity index (χ1n) is 18.8. The summed E-state index contributed by atoms with van der Waals surface area (Å²) in [6.07, 6.45) is -13.9. The van der Waals surface area contributed by atoms with Crippen molar-refractivity contribution >= 4 is 73.9 Å². The van der Waals surface area contributed by atoms with E-state index >= 15 is 0 Å². The Morgan fingerprint density at radius 1 is 0.821 bits per heavy atom. The topological polar surface area (TPSA) is 250 Å². The highest BCUT2D eigenvalue weighted by Gasteiger charge is 2.41. The van der Waals surface area contributed by atoms with Gasteiger partial charge in [-0.05, 0) is 78.5 Å². The van der Waals surface area contributed by atoms with E-state index in [1.54, 1.807) is 15.9 Å².